The number of thiocarbonyl (C=S) groups is 1. The van der Waals surface area contributed by atoms with Crippen LogP contribution < -0.4 is 11.1 Å². The standard InChI is InChI=1S/C15H13BrF2N2S/c1-8(9-3-2-4-10(16)7-9)20-12-6-5-11(15(19)21)13(17)14(12)18/h2-8,20H,1H3,(H2,19,21). The van der Waals surface area contributed by atoms with E-state index >= 15 is 0 Å². The Morgan fingerprint density at radius 2 is 1.95 bits per heavy atom. The number of hydrogen-bond acceptors (Lipinski definition) is 2. The minimum absolute atomic E-state index is 0.0694. The fourth-order valence-electron chi connectivity index (χ4n) is 1.94. The molecule has 0 aromatic heterocycles. The highest BCUT2D eigenvalue weighted by atomic mass is 79.9. The molecule has 0 aliphatic rings. The van der Waals surface area contributed by atoms with Gasteiger partial charge < -0.3 is 11.1 Å². The second kappa shape index (κ2) is 6.49. The van der Waals surface area contributed by atoms with Crippen LogP contribution in [0.5, 0.6) is 0 Å². The monoisotopic (exact) mass is 370 g/mol. The van der Waals surface area contributed by atoms with E-state index in [4.69, 9.17) is 5.73 Å². The maximum Gasteiger partial charge on any atom is 0.182 e. The van der Waals surface area contributed by atoms with Crippen molar-refractivity contribution in [2.75, 3.05) is 5.32 Å². The maximum absolute atomic E-state index is 14.0. The van der Waals surface area contributed by atoms with Gasteiger partial charge >= 0.3 is 0 Å². The maximum atomic E-state index is 14.0. The summed E-state index contributed by atoms with van der Waals surface area (Å²) in [6, 6.07) is 10.2. The Morgan fingerprint density at radius 3 is 2.57 bits per heavy atom. The van der Waals surface area contributed by atoms with Gasteiger partial charge in [-0.15, -0.1) is 0 Å². The van der Waals surface area contributed by atoms with Gasteiger partial charge in [0.05, 0.1) is 5.69 Å². The van der Waals surface area contributed by atoms with E-state index in [1.165, 1.54) is 12.1 Å². The van der Waals surface area contributed by atoms with E-state index in [9.17, 15) is 8.78 Å². The van der Waals surface area contributed by atoms with E-state index in [1.807, 2.05) is 31.2 Å². The molecule has 0 saturated heterocycles. The van der Waals surface area contributed by atoms with Crippen molar-refractivity contribution in [1.29, 1.82) is 0 Å². The fourth-order valence-corrected chi connectivity index (χ4v) is 2.52. The van der Waals surface area contributed by atoms with Gasteiger partial charge in [-0.25, -0.2) is 8.78 Å². The third-order valence-electron chi connectivity index (χ3n) is 3.07. The quantitative estimate of drug-likeness (QED) is 0.776. The Bertz CT molecular complexity index is 691. The zero-order valence-electron chi connectivity index (χ0n) is 11.2. The normalized spacial score (nSPS) is 12.0. The van der Waals surface area contributed by atoms with Gasteiger partial charge in [0.1, 0.15) is 4.99 Å². The first-order valence-corrected chi connectivity index (χ1v) is 7.40. The van der Waals surface area contributed by atoms with Crippen LogP contribution in [0, 0.1) is 11.6 Å². The molecule has 0 aliphatic carbocycles. The molecule has 2 rings (SSSR count). The smallest absolute Gasteiger partial charge is 0.182 e. The lowest BCUT2D eigenvalue weighted by Crippen LogP contribution is -2.15. The van der Waals surface area contributed by atoms with Crippen LogP contribution >= 0.6 is 28.1 Å². The van der Waals surface area contributed by atoms with E-state index < -0.39 is 11.6 Å². The van der Waals surface area contributed by atoms with E-state index in [2.05, 4.69) is 33.5 Å². The summed E-state index contributed by atoms with van der Waals surface area (Å²) in [5, 5.41) is 2.94. The number of nitrogens with two attached hydrogens (primary N) is 1. The molecule has 21 heavy (non-hydrogen) atoms. The summed E-state index contributed by atoms with van der Waals surface area (Å²) in [5.74, 6) is -2.02. The molecular formula is C15H13BrF2N2S. The number of halogens is 3. The number of benzene rings is 2. The van der Waals surface area contributed by atoms with Gasteiger partial charge in [0.25, 0.3) is 0 Å². The van der Waals surface area contributed by atoms with Crippen LogP contribution in [-0.4, -0.2) is 4.99 Å². The zero-order valence-corrected chi connectivity index (χ0v) is 13.6. The third kappa shape index (κ3) is 3.57. The molecule has 2 nitrogen and oxygen atoms in total. The Morgan fingerprint density at radius 1 is 1.24 bits per heavy atom. The number of anilines is 1. The van der Waals surface area contributed by atoms with Gasteiger partial charge in [-0.2, -0.15) is 0 Å². The largest absolute Gasteiger partial charge is 0.389 e. The molecule has 0 radical (unpaired) electrons. The minimum atomic E-state index is -1.03. The molecule has 0 aliphatic heterocycles. The highest BCUT2D eigenvalue weighted by Crippen LogP contribution is 2.26. The van der Waals surface area contributed by atoms with Crippen LogP contribution in [0.15, 0.2) is 40.9 Å². The van der Waals surface area contributed by atoms with E-state index in [0.29, 0.717) is 0 Å². The van der Waals surface area contributed by atoms with Crippen molar-refractivity contribution in [3.63, 3.8) is 0 Å². The van der Waals surface area contributed by atoms with Crippen molar-refractivity contribution in [1.82, 2.24) is 0 Å². The fraction of sp³-hybridized carbons (Fsp3) is 0.133. The summed E-state index contributed by atoms with van der Waals surface area (Å²) in [7, 11) is 0. The van der Waals surface area contributed by atoms with E-state index in [0.717, 1.165) is 10.0 Å². The minimum Gasteiger partial charge on any atom is -0.389 e. The second-order valence-corrected chi connectivity index (χ2v) is 5.93. The van der Waals surface area contributed by atoms with Crippen LogP contribution in [0.4, 0.5) is 14.5 Å². The van der Waals surface area contributed by atoms with Crippen molar-refractivity contribution >= 4 is 38.8 Å². The van der Waals surface area contributed by atoms with Gasteiger partial charge in [-0.3, -0.25) is 0 Å². The number of nitrogens with one attached hydrogen (secondary N) is 1. The summed E-state index contributed by atoms with van der Waals surface area (Å²) in [4.78, 5) is -0.169. The van der Waals surface area contributed by atoms with Gasteiger partial charge in [-0.1, -0.05) is 40.3 Å². The average molecular weight is 371 g/mol. The number of rotatable bonds is 4. The lowest BCUT2D eigenvalue weighted by Gasteiger charge is -2.17. The summed E-state index contributed by atoms with van der Waals surface area (Å²) in [6.07, 6.45) is 0. The molecule has 6 heteroatoms. The molecular weight excluding hydrogens is 358 g/mol. The first-order valence-electron chi connectivity index (χ1n) is 6.20. The first kappa shape index (κ1) is 15.9. The highest BCUT2D eigenvalue weighted by molar-refractivity contribution is 9.10. The van der Waals surface area contributed by atoms with Crippen LogP contribution in [0.3, 0.4) is 0 Å². The van der Waals surface area contributed by atoms with Crippen LogP contribution in [0.25, 0.3) is 0 Å². The Balaban J connectivity index is 2.28. The summed E-state index contributed by atoms with van der Waals surface area (Å²) >= 11 is 8.05. The summed E-state index contributed by atoms with van der Waals surface area (Å²) < 4.78 is 28.8. The lowest BCUT2D eigenvalue weighted by atomic mass is 10.1. The van der Waals surface area contributed by atoms with E-state index in [1.54, 1.807) is 0 Å². The average Bonchev–Trinajstić information content (AvgIpc) is 2.43. The van der Waals surface area contributed by atoms with Crippen LogP contribution in [0.1, 0.15) is 24.1 Å². The third-order valence-corrected chi connectivity index (χ3v) is 3.78. The number of hydrogen-bond donors (Lipinski definition) is 2. The van der Waals surface area contributed by atoms with Gasteiger partial charge in [-0.05, 0) is 36.8 Å². The predicted molar refractivity (Wildman–Crippen MR) is 88.4 cm³/mol. The van der Waals surface area contributed by atoms with Crippen LogP contribution in [0.2, 0.25) is 0 Å². The Kier molecular flexibility index (Phi) is 4.90. The second-order valence-electron chi connectivity index (χ2n) is 4.57. The van der Waals surface area contributed by atoms with Crippen molar-refractivity contribution in [3.8, 4) is 0 Å². The molecule has 0 bridgehead atoms. The first-order chi connectivity index (χ1) is 9.90. The molecule has 3 N–H and O–H groups in total. The van der Waals surface area contributed by atoms with Crippen molar-refractivity contribution < 1.29 is 8.78 Å². The topological polar surface area (TPSA) is 38.0 Å². The molecule has 2 aromatic carbocycles. The van der Waals surface area contributed by atoms with Crippen molar-refractivity contribution in [2.24, 2.45) is 5.73 Å². The van der Waals surface area contributed by atoms with Crippen molar-refractivity contribution in [3.05, 3.63) is 63.6 Å². The molecule has 0 heterocycles. The molecule has 110 valence electrons. The molecule has 0 amide bonds. The van der Waals surface area contributed by atoms with Gasteiger partial charge in [0, 0.05) is 16.1 Å². The molecule has 0 saturated carbocycles. The molecule has 0 spiro atoms. The zero-order chi connectivity index (χ0) is 15.6. The summed E-state index contributed by atoms with van der Waals surface area (Å²) in [5.41, 5.74) is 6.26. The highest BCUT2D eigenvalue weighted by Gasteiger charge is 2.16. The van der Waals surface area contributed by atoms with Crippen LogP contribution in [-0.2, 0) is 0 Å². The Hall–Kier alpha value is -1.53. The van der Waals surface area contributed by atoms with Gasteiger partial charge in [0.15, 0.2) is 11.6 Å². The summed E-state index contributed by atoms with van der Waals surface area (Å²) in [6.45, 7) is 1.86. The molecule has 0 fully saturated rings. The van der Waals surface area contributed by atoms with E-state index in [-0.39, 0.29) is 22.3 Å². The molecule has 1 atom stereocenters. The van der Waals surface area contributed by atoms with Gasteiger partial charge in [0.2, 0.25) is 0 Å². The Labute approximate surface area is 135 Å². The molecule has 1 unspecified atom stereocenters. The SMILES string of the molecule is CC(Nc1ccc(C(N)=S)c(F)c1F)c1cccc(Br)c1. The predicted octanol–water partition coefficient (Wildman–Crippen LogP) is 4.53. The van der Waals surface area contributed by atoms with Crippen molar-refractivity contribution in [2.45, 2.75) is 13.0 Å². The molecule has 2 aromatic rings. The lowest BCUT2D eigenvalue weighted by molar-refractivity contribution is 0.508.